The topological polar surface area (TPSA) is 58.7 Å². The maximum Gasteiger partial charge on any atom is 0.0678 e. The van der Waals surface area contributed by atoms with Crippen molar-refractivity contribution in [2.45, 2.75) is 38.5 Å². The molecule has 0 saturated carbocycles. The Hall–Kier alpha value is -0.160. The summed E-state index contributed by atoms with van der Waals surface area (Å²) in [4.78, 5) is 2.36. The Bertz CT molecular complexity index is 156. The highest BCUT2D eigenvalue weighted by Gasteiger charge is 2.21. The number of hydrogen-bond acceptors (Lipinski definition) is 4. The van der Waals surface area contributed by atoms with E-state index in [-0.39, 0.29) is 12.6 Å². The fourth-order valence-electron chi connectivity index (χ4n) is 1.91. The van der Waals surface area contributed by atoms with Gasteiger partial charge in [0.05, 0.1) is 18.8 Å². The van der Waals surface area contributed by atoms with Gasteiger partial charge >= 0.3 is 0 Å². The average molecular weight is 202 g/mol. The molecule has 1 aliphatic rings. The van der Waals surface area contributed by atoms with E-state index in [0.29, 0.717) is 12.2 Å². The highest BCUT2D eigenvalue weighted by molar-refractivity contribution is 4.74. The van der Waals surface area contributed by atoms with Gasteiger partial charge in [0.15, 0.2) is 0 Å². The van der Waals surface area contributed by atoms with Crippen LogP contribution in [-0.4, -0.2) is 54.5 Å². The highest BCUT2D eigenvalue weighted by Crippen LogP contribution is 2.10. The Morgan fingerprint density at radius 3 is 2.50 bits per heavy atom. The largest absolute Gasteiger partial charge is 0.395 e. The van der Waals surface area contributed by atoms with Crippen molar-refractivity contribution < 1.29 is 9.84 Å². The number of rotatable bonds is 4. The average Bonchev–Trinajstić information content (AvgIpc) is 2.12. The van der Waals surface area contributed by atoms with Crippen molar-refractivity contribution in [1.29, 1.82) is 0 Å². The van der Waals surface area contributed by atoms with Crippen molar-refractivity contribution in [2.75, 3.05) is 26.2 Å². The van der Waals surface area contributed by atoms with Gasteiger partial charge < -0.3 is 15.6 Å². The third kappa shape index (κ3) is 3.92. The summed E-state index contributed by atoms with van der Waals surface area (Å²) >= 11 is 0. The Balaban J connectivity index is 2.23. The number of nitrogens with two attached hydrogens (primary N) is 1. The van der Waals surface area contributed by atoms with Crippen molar-refractivity contribution >= 4 is 0 Å². The third-order valence-electron chi connectivity index (χ3n) is 2.55. The molecule has 0 aromatic rings. The van der Waals surface area contributed by atoms with Crippen LogP contribution >= 0.6 is 0 Å². The predicted molar refractivity (Wildman–Crippen MR) is 56.1 cm³/mol. The Morgan fingerprint density at radius 1 is 1.43 bits per heavy atom. The van der Waals surface area contributed by atoms with E-state index in [2.05, 4.69) is 18.7 Å². The molecule has 0 radical (unpaired) electrons. The van der Waals surface area contributed by atoms with Crippen molar-refractivity contribution in [2.24, 2.45) is 5.73 Å². The van der Waals surface area contributed by atoms with Crippen LogP contribution in [0.1, 0.15) is 20.3 Å². The molecule has 0 bridgehead atoms. The van der Waals surface area contributed by atoms with Gasteiger partial charge in [0.25, 0.3) is 0 Å². The summed E-state index contributed by atoms with van der Waals surface area (Å²) in [5.74, 6) is 0. The van der Waals surface area contributed by atoms with Gasteiger partial charge in [-0.3, -0.25) is 4.90 Å². The Morgan fingerprint density at radius 2 is 2.00 bits per heavy atom. The summed E-state index contributed by atoms with van der Waals surface area (Å²) in [6, 6.07) is -0.0801. The molecule has 4 heteroatoms. The number of nitrogens with zero attached hydrogens (tertiary/aromatic N) is 1. The number of ether oxygens (including phenoxy) is 1. The summed E-state index contributed by atoms with van der Waals surface area (Å²) in [5, 5.41) is 8.80. The molecule has 1 unspecified atom stereocenters. The van der Waals surface area contributed by atoms with Gasteiger partial charge in [0.1, 0.15) is 0 Å². The molecular formula is C10H22N2O2. The van der Waals surface area contributed by atoms with Crippen LogP contribution in [0.5, 0.6) is 0 Å². The molecule has 0 amide bonds. The molecule has 1 fully saturated rings. The SMILES string of the molecule is C[C@@H]1CN(CCC(N)CO)C[C@H](C)O1. The van der Waals surface area contributed by atoms with Gasteiger partial charge in [-0.15, -0.1) is 0 Å². The van der Waals surface area contributed by atoms with Crippen LogP contribution in [0.25, 0.3) is 0 Å². The number of morpholine rings is 1. The molecule has 14 heavy (non-hydrogen) atoms. The lowest BCUT2D eigenvalue weighted by atomic mass is 10.2. The highest BCUT2D eigenvalue weighted by atomic mass is 16.5. The summed E-state index contributed by atoms with van der Waals surface area (Å²) in [5.41, 5.74) is 5.65. The lowest BCUT2D eigenvalue weighted by Gasteiger charge is -2.35. The zero-order valence-electron chi connectivity index (χ0n) is 9.15. The predicted octanol–water partition coefficient (Wildman–Crippen LogP) is -0.195. The van der Waals surface area contributed by atoms with E-state index >= 15 is 0 Å². The standard InChI is InChI=1S/C10H22N2O2/c1-8-5-12(6-9(2)14-8)4-3-10(11)7-13/h8-10,13H,3-7,11H2,1-2H3/t8-,9+,10?. The maximum absolute atomic E-state index is 8.80. The van der Waals surface area contributed by atoms with Gasteiger partial charge in [-0.05, 0) is 26.8 Å². The lowest BCUT2D eigenvalue weighted by Crippen LogP contribution is -2.46. The van der Waals surface area contributed by atoms with Crippen LogP contribution in [0, 0.1) is 0 Å². The van der Waals surface area contributed by atoms with Crippen LogP contribution in [-0.2, 0) is 4.74 Å². The Labute approximate surface area is 86.0 Å². The molecule has 84 valence electrons. The van der Waals surface area contributed by atoms with Crippen LogP contribution in [0.4, 0.5) is 0 Å². The molecular weight excluding hydrogens is 180 g/mol. The second-order valence-electron chi connectivity index (χ2n) is 4.25. The molecule has 3 N–H and O–H groups in total. The molecule has 1 aliphatic heterocycles. The lowest BCUT2D eigenvalue weighted by molar-refractivity contribution is -0.0685. The van der Waals surface area contributed by atoms with Gasteiger partial charge in [-0.25, -0.2) is 0 Å². The van der Waals surface area contributed by atoms with Crippen LogP contribution in [0.15, 0.2) is 0 Å². The molecule has 3 atom stereocenters. The van der Waals surface area contributed by atoms with Crippen molar-refractivity contribution in [3.63, 3.8) is 0 Å². The van der Waals surface area contributed by atoms with Crippen LogP contribution < -0.4 is 5.73 Å². The zero-order valence-corrected chi connectivity index (χ0v) is 9.15. The van der Waals surface area contributed by atoms with Gasteiger partial charge in [0.2, 0.25) is 0 Å². The van der Waals surface area contributed by atoms with Crippen molar-refractivity contribution in [3.8, 4) is 0 Å². The first-order valence-corrected chi connectivity index (χ1v) is 5.36. The first-order valence-electron chi connectivity index (χ1n) is 5.36. The van der Waals surface area contributed by atoms with Crippen LogP contribution in [0.2, 0.25) is 0 Å². The molecule has 0 aromatic carbocycles. The molecule has 1 heterocycles. The zero-order chi connectivity index (χ0) is 10.6. The van der Waals surface area contributed by atoms with E-state index in [1.54, 1.807) is 0 Å². The first kappa shape index (κ1) is 11.9. The minimum atomic E-state index is -0.0801. The molecule has 1 rings (SSSR count). The smallest absolute Gasteiger partial charge is 0.0678 e. The maximum atomic E-state index is 8.80. The van der Waals surface area contributed by atoms with Gasteiger partial charge in [-0.1, -0.05) is 0 Å². The first-order chi connectivity index (χ1) is 6.61. The van der Waals surface area contributed by atoms with E-state index in [0.717, 1.165) is 26.1 Å². The third-order valence-corrected chi connectivity index (χ3v) is 2.55. The van der Waals surface area contributed by atoms with E-state index in [1.807, 2.05) is 0 Å². The minimum Gasteiger partial charge on any atom is -0.395 e. The van der Waals surface area contributed by atoms with Crippen molar-refractivity contribution in [1.82, 2.24) is 4.90 Å². The molecule has 1 saturated heterocycles. The molecule has 0 aromatic heterocycles. The second kappa shape index (κ2) is 5.66. The minimum absolute atomic E-state index is 0.0788. The monoisotopic (exact) mass is 202 g/mol. The Kier molecular flexibility index (Phi) is 4.81. The fraction of sp³-hybridized carbons (Fsp3) is 1.00. The van der Waals surface area contributed by atoms with Crippen LogP contribution in [0.3, 0.4) is 0 Å². The quantitative estimate of drug-likeness (QED) is 0.663. The molecule has 0 spiro atoms. The van der Waals surface area contributed by atoms with Gasteiger partial charge in [-0.2, -0.15) is 0 Å². The molecule has 0 aliphatic carbocycles. The summed E-state index contributed by atoms with van der Waals surface area (Å²) in [6.07, 6.45) is 1.48. The van der Waals surface area contributed by atoms with E-state index < -0.39 is 0 Å². The normalized spacial score (nSPS) is 31.7. The van der Waals surface area contributed by atoms with E-state index in [9.17, 15) is 0 Å². The fourth-order valence-corrected chi connectivity index (χ4v) is 1.91. The number of hydrogen-bond donors (Lipinski definition) is 2. The summed E-state index contributed by atoms with van der Waals surface area (Å²) < 4.78 is 5.63. The second-order valence-corrected chi connectivity index (χ2v) is 4.25. The molecule has 4 nitrogen and oxygen atoms in total. The van der Waals surface area contributed by atoms with Crippen molar-refractivity contribution in [3.05, 3.63) is 0 Å². The van der Waals surface area contributed by atoms with Gasteiger partial charge in [0, 0.05) is 19.1 Å². The number of aliphatic hydroxyl groups excluding tert-OH is 1. The number of aliphatic hydroxyl groups is 1. The van der Waals surface area contributed by atoms with E-state index in [4.69, 9.17) is 15.6 Å². The van der Waals surface area contributed by atoms with E-state index in [1.165, 1.54) is 0 Å². The summed E-state index contributed by atoms with van der Waals surface area (Å²) in [6.45, 7) is 7.17. The summed E-state index contributed by atoms with van der Waals surface area (Å²) in [7, 11) is 0.